The van der Waals surface area contributed by atoms with Gasteiger partial charge in [-0.2, -0.15) is 5.10 Å². The lowest BCUT2D eigenvalue weighted by molar-refractivity contribution is 0.00612. The van der Waals surface area contributed by atoms with Crippen molar-refractivity contribution in [1.82, 2.24) is 15.1 Å². The zero-order valence-corrected chi connectivity index (χ0v) is 14.7. The Morgan fingerprint density at radius 3 is 2.88 bits per heavy atom. The topological polar surface area (TPSA) is 70.6 Å². The summed E-state index contributed by atoms with van der Waals surface area (Å²) in [4.78, 5) is 2.31. The van der Waals surface area contributed by atoms with Crippen LogP contribution in [0.1, 0.15) is 30.0 Å². The largest absolute Gasteiger partial charge is 0.497 e. The zero-order chi connectivity index (χ0) is 17.5. The van der Waals surface area contributed by atoms with E-state index in [1.807, 2.05) is 30.5 Å². The number of rotatable bonds is 8. The van der Waals surface area contributed by atoms with E-state index in [1.165, 1.54) is 5.69 Å². The molecule has 0 bridgehead atoms. The summed E-state index contributed by atoms with van der Waals surface area (Å²) >= 11 is 0. The minimum atomic E-state index is -0.464. The predicted molar refractivity (Wildman–Crippen MR) is 95.7 cm³/mol. The predicted octanol–water partition coefficient (Wildman–Crippen LogP) is 2.18. The maximum atomic E-state index is 10.2. The average molecular weight is 345 g/mol. The maximum absolute atomic E-state index is 10.2. The number of nitrogens with zero attached hydrogens (tertiary/aromatic N) is 2. The van der Waals surface area contributed by atoms with Gasteiger partial charge in [-0.15, -0.1) is 0 Å². The molecule has 1 aliphatic rings. The van der Waals surface area contributed by atoms with Crippen LogP contribution in [0.2, 0.25) is 0 Å². The molecule has 0 radical (unpaired) electrons. The first kappa shape index (κ1) is 17.9. The number of β-amino-alcohol motifs (C(OH)–C–C–N with tert-alkyl or cyclic N) is 1. The third-order valence-corrected chi connectivity index (χ3v) is 4.73. The lowest BCUT2D eigenvalue weighted by atomic mass is 9.93. The van der Waals surface area contributed by atoms with Crippen LogP contribution < -0.4 is 4.74 Å². The van der Waals surface area contributed by atoms with Gasteiger partial charge in [-0.1, -0.05) is 12.1 Å². The van der Waals surface area contributed by atoms with Crippen molar-refractivity contribution in [3.63, 3.8) is 0 Å². The van der Waals surface area contributed by atoms with E-state index < -0.39 is 6.10 Å². The van der Waals surface area contributed by atoms with Gasteiger partial charge in [-0.05, 0) is 49.7 Å². The highest BCUT2D eigenvalue weighted by atomic mass is 16.5. The third kappa shape index (κ3) is 5.29. The van der Waals surface area contributed by atoms with Gasteiger partial charge in [0.2, 0.25) is 0 Å². The fraction of sp³-hybridized carbons (Fsp3) is 0.526. The van der Waals surface area contributed by atoms with E-state index >= 15 is 0 Å². The standard InChI is InChI=1S/C19H27N3O3/c1-24-18-4-2-3-15(11-18)13-25-14-17(23)12-22-9-6-16(7-10-22)19-5-8-20-21-19/h2-5,8,11,16-17,23H,6-7,9-10,12-14H2,1H3,(H,20,21). The molecule has 2 N–H and O–H groups in total. The molecule has 1 fully saturated rings. The molecule has 136 valence electrons. The Bertz CT molecular complexity index is 625. The molecule has 2 heterocycles. The number of methoxy groups -OCH3 is 1. The molecule has 0 amide bonds. The summed E-state index contributed by atoms with van der Waals surface area (Å²) in [5.41, 5.74) is 2.27. The molecular weight excluding hydrogens is 318 g/mol. The first-order valence-corrected chi connectivity index (χ1v) is 8.85. The van der Waals surface area contributed by atoms with Gasteiger partial charge in [0, 0.05) is 24.4 Å². The molecule has 0 aliphatic carbocycles. The van der Waals surface area contributed by atoms with Gasteiger partial charge >= 0.3 is 0 Å². The van der Waals surface area contributed by atoms with E-state index in [-0.39, 0.29) is 0 Å². The van der Waals surface area contributed by atoms with Gasteiger partial charge in [-0.3, -0.25) is 5.10 Å². The second kappa shape index (κ2) is 8.99. The number of likely N-dealkylation sites (tertiary alicyclic amines) is 1. The normalized spacial score (nSPS) is 17.5. The summed E-state index contributed by atoms with van der Waals surface area (Å²) in [5.74, 6) is 1.38. The molecule has 25 heavy (non-hydrogen) atoms. The first-order chi connectivity index (χ1) is 12.2. The number of benzene rings is 1. The van der Waals surface area contributed by atoms with Crippen molar-refractivity contribution in [2.24, 2.45) is 0 Å². The number of aromatic amines is 1. The molecule has 1 atom stereocenters. The Morgan fingerprint density at radius 2 is 2.16 bits per heavy atom. The van der Waals surface area contributed by atoms with Crippen molar-refractivity contribution in [2.45, 2.75) is 31.5 Å². The van der Waals surface area contributed by atoms with Crippen LogP contribution >= 0.6 is 0 Å². The highest BCUT2D eigenvalue weighted by Gasteiger charge is 2.22. The number of nitrogens with one attached hydrogen (secondary N) is 1. The van der Waals surface area contributed by atoms with Crippen LogP contribution in [0.5, 0.6) is 5.75 Å². The Balaban J connectivity index is 1.35. The molecule has 1 saturated heterocycles. The Labute approximate surface area is 148 Å². The summed E-state index contributed by atoms with van der Waals surface area (Å²) in [7, 11) is 1.65. The minimum absolute atomic E-state index is 0.345. The number of H-pyrrole nitrogens is 1. The fourth-order valence-corrected chi connectivity index (χ4v) is 3.35. The summed E-state index contributed by atoms with van der Waals surface area (Å²) < 4.78 is 10.9. The number of aliphatic hydroxyl groups excluding tert-OH is 1. The number of ether oxygens (including phenoxy) is 2. The number of hydrogen-bond donors (Lipinski definition) is 2. The Hall–Kier alpha value is -1.89. The van der Waals surface area contributed by atoms with Gasteiger partial charge in [0.1, 0.15) is 5.75 Å². The summed E-state index contributed by atoms with van der Waals surface area (Å²) in [6, 6.07) is 9.85. The van der Waals surface area contributed by atoms with E-state index in [9.17, 15) is 5.11 Å². The van der Waals surface area contributed by atoms with Gasteiger partial charge in [-0.25, -0.2) is 0 Å². The molecule has 6 heteroatoms. The van der Waals surface area contributed by atoms with E-state index in [2.05, 4.69) is 21.2 Å². The molecule has 1 aromatic heterocycles. The summed E-state index contributed by atoms with van der Waals surface area (Å²) in [6.07, 6.45) is 3.54. The highest BCUT2D eigenvalue weighted by Crippen LogP contribution is 2.26. The van der Waals surface area contributed by atoms with Crippen molar-refractivity contribution in [2.75, 3.05) is 33.4 Å². The van der Waals surface area contributed by atoms with E-state index in [4.69, 9.17) is 9.47 Å². The SMILES string of the molecule is COc1cccc(COCC(O)CN2CCC(c3ccn[nH]3)CC2)c1. The highest BCUT2D eigenvalue weighted by molar-refractivity contribution is 5.27. The molecule has 0 saturated carbocycles. The molecule has 1 unspecified atom stereocenters. The second-order valence-corrected chi connectivity index (χ2v) is 6.61. The Kier molecular flexibility index (Phi) is 6.44. The van der Waals surface area contributed by atoms with Gasteiger partial charge < -0.3 is 19.5 Å². The number of piperidine rings is 1. The van der Waals surface area contributed by atoms with Crippen molar-refractivity contribution in [3.05, 3.63) is 47.8 Å². The molecule has 2 aromatic rings. The third-order valence-electron chi connectivity index (χ3n) is 4.73. The Morgan fingerprint density at radius 1 is 1.32 bits per heavy atom. The molecule has 1 aliphatic heterocycles. The number of hydrogen-bond acceptors (Lipinski definition) is 5. The molecule has 6 nitrogen and oxygen atoms in total. The first-order valence-electron chi connectivity index (χ1n) is 8.85. The van der Waals surface area contributed by atoms with Crippen LogP contribution in [0.4, 0.5) is 0 Å². The van der Waals surface area contributed by atoms with Gasteiger partial charge in [0.25, 0.3) is 0 Å². The molecule has 1 aromatic carbocycles. The molecule has 0 spiro atoms. The van der Waals surface area contributed by atoms with Crippen LogP contribution in [-0.4, -0.2) is 59.7 Å². The van der Waals surface area contributed by atoms with Crippen LogP contribution in [0.25, 0.3) is 0 Å². The number of aliphatic hydroxyl groups is 1. The van der Waals surface area contributed by atoms with Crippen molar-refractivity contribution in [1.29, 1.82) is 0 Å². The van der Waals surface area contributed by atoms with Crippen LogP contribution in [0.15, 0.2) is 36.5 Å². The second-order valence-electron chi connectivity index (χ2n) is 6.61. The lowest BCUT2D eigenvalue weighted by Crippen LogP contribution is -2.39. The van der Waals surface area contributed by atoms with E-state index in [0.717, 1.165) is 37.2 Å². The van der Waals surface area contributed by atoms with E-state index in [0.29, 0.717) is 25.7 Å². The van der Waals surface area contributed by atoms with Crippen molar-refractivity contribution < 1.29 is 14.6 Å². The van der Waals surface area contributed by atoms with Crippen molar-refractivity contribution >= 4 is 0 Å². The summed E-state index contributed by atoms with van der Waals surface area (Å²) in [5, 5.41) is 17.3. The van der Waals surface area contributed by atoms with E-state index in [1.54, 1.807) is 7.11 Å². The van der Waals surface area contributed by atoms with Crippen LogP contribution in [0.3, 0.4) is 0 Å². The lowest BCUT2D eigenvalue weighted by Gasteiger charge is -2.32. The fourth-order valence-electron chi connectivity index (χ4n) is 3.35. The monoisotopic (exact) mass is 345 g/mol. The zero-order valence-electron chi connectivity index (χ0n) is 14.7. The molecular formula is C19H27N3O3. The molecule has 3 rings (SSSR count). The maximum Gasteiger partial charge on any atom is 0.119 e. The summed E-state index contributed by atoms with van der Waals surface area (Å²) in [6.45, 7) is 3.48. The van der Waals surface area contributed by atoms with Gasteiger partial charge in [0.15, 0.2) is 0 Å². The quantitative estimate of drug-likeness (QED) is 0.767. The van der Waals surface area contributed by atoms with Crippen LogP contribution in [-0.2, 0) is 11.3 Å². The van der Waals surface area contributed by atoms with Gasteiger partial charge in [0.05, 0.1) is 26.4 Å². The number of aromatic nitrogens is 2. The van der Waals surface area contributed by atoms with Crippen molar-refractivity contribution in [3.8, 4) is 5.75 Å². The minimum Gasteiger partial charge on any atom is -0.497 e. The average Bonchev–Trinajstić information content (AvgIpc) is 3.17. The van der Waals surface area contributed by atoms with Crippen LogP contribution in [0, 0.1) is 0 Å². The smallest absolute Gasteiger partial charge is 0.119 e.